The van der Waals surface area contributed by atoms with E-state index < -0.39 is 5.41 Å². The Morgan fingerprint density at radius 1 is 1.22 bits per heavy atom. The second kappa shape index (κ2) is 7.55. The first-order chi connectivity index (χ1) is 10.9. The molecule has 0 fully saturated rings. The topological polar surface area (TPSA) is 64.1 Å². The zero-order valence-electron chi connectivity index (χ0n) is 14.0. The quantitative estimate of drug-likeness (QED) is 0.875. The molecule has 0 bridgehead atoms. The van der Waals surface area contributed by atoms with Crippen molar-refractivity contribution >= 4 is 22.4 Å². The van der Waals surface area contributed by atoms with Gasteiger partial charge in [0.1, 0.15) is 10.8 Å². The van der Waals surface area contributed by atoms with Gasteiger partial charge in [-0.25, -0.2) is 0 Å². The summed E-state index contributed by atoms with van der Waals surface area (Å²) in [5.41, 5.74) is 0.847. The number of nitrogens with zero attached hydrogens (tertiary/aromatic N) is 2. The van der Waals surface area contributed by atoms with Crippen molar-refractivity contribution in [1.29, 1.82) is 0 Å². The van der Waals surface area contributed by atoms with Gasteiger partial charge in [-0.05, 0) is 24.1 Å². The number of hydrogen-bond donors (Lipinski definition) is 1. The summed E-state index contributed by atoms with van der Waals surface area (Å²) in [4.78, 5) is 11.9. The van der Waals surface area contributed by atoms with Crippen molar-refractivity contribution in [1.82, 2.24) is 10.2 Å². The minimum Gasteiger partial charge on any atom is -0.493 e. The molecule has 0 saturated heterocycles. The Labute approximate surface area is 141 Å². The maximum absolute atomic E-state index is 11.9. The van der Waals surface area contributed by atoms with Gasteiger partial charge < -0.3 is 10.1 Å². The van der Waals surface area contributed by atoms with Gasteiger partial charge in [0, 0.05) is 11.8 Å². The Morgan fingerprint density at radius 3 is 2.52 bits per heavy atom. The highest BCUT2D eigenvalue weighted by molar-refractivity contribution is 7.15. The Hall–Kier alpha value is -1.95. The fraction of sp³-hybridized carbons (Fsp3) is 0.471. The number of ether oxygens (including phenoxy) is 1. The van der Waals surface area contributed by atoms with Crippen LogP contribution in [0.3, 0.4) is 0 Å². The van der Waals surface area contributed by atoms with Crippen LogP contribution in [0.15, 0.2) is 24.3 Å². The minimum absolute atomic E-state index is 0.0625. The molecule has 0 aliphatic carbocycles. The lowest BCUT2D eigenvalue weighted by molar-refractivity contribution is -0.123. The molecule has 5 nitrogen and oxygen atoms in total. The molecule has 1 heterocycles. The zero-order valence-corrected chi connectivity index (χ0v) is 14.9. The molecule has 0 atom stereocenters. The third kappa shape index (κ3) is 5.32. The molecule has 0 saturated carbocycles. The predicted octanol–water partition coefficient (Wildman–Crippen LogP) is 3.71. The molecule has 0 aliphatic rings. The molecule has 0 unspecified atom stereocenters. The summed E-state index contributed by atoms with van der Waals surface area (Å²) in [5.74, 6) is 0.792. The third-order valence-electron chi connectivity index (χ3n) is 3.28. The monoisotopic (exact) mass is 333 g/mol. The van der Waals surface area contributed by atoms with E-state index in [1.165, 1.54) is 16.9 Å². The van der Waals surface area contributed by atoms with Gasteiger partial charge in [0.05, 0.1) is 6.61 Å². The van der Waals surface area contributed by atoms with Crippen molar-refractivity contribution in [2.45, 2.75) is 40.5 Å². The van der Waals surface area contributed by atoms with Crippen LogP contribution < -0.4 is 10.1 Å². The van der Waals surface area contributed by atoms with Crippen LogP contribution in [0.5, 0.6) is 5.75 Å². The van der Waals surface area contributed by atoms with Crippen LogP contribution in [0.4, 0.5) is 5.13 Å². The number of carbonyl (C=O) groups excluding carboxylic acids is 1. The van der Waals surface area contributed by atoms with E-state index in [1.807, 2.05) is 32.9 Å². The Balaban J connectivity index is 1.81. The van der Waals surface area contributed by atoms with Crippen molar-refractivity contribution in [2.24, 2.45) is 5.41 Å². The maximum atomic E-state index is 11.9. The Kier molecular flexibility index (Phi) is 5.71. The minimum atomic E-state index is -0.445. The second-order valence-electron chi connectivity index (χ2n) is 6.30. The SMILES string of the molecule is CCc1ccc(OCCc2nnc(NC(=O)C(C)(C)C)s2)cc1. The van der Waals surface area contributed by atoms with E-state index in [-0.39, 0.29) is 5.91 Å². The Morgan fingerprint density at radius 2 is 1.91 bits per heavy atom. The lowest BCUT2D eigenvalue weighted by atomic mass is 9.96. The number of carbonyl (C=O) groups is 1. The van der Waals surface area contributed by atoms with E-state index in [2.05, 4.69) is 34.6 Å². The Bertz CT molecular complexity index is 645. The van der Waals surface area contributed by atoms with E-state index >= 15 is 0 Å². The number of amides is 1. The maximum Gasteiger partial charge on any atom is 0.231 e. The van der Waals surface area contributed by atoms with Gasteiger partial charge in [0.2, 0.25) is 11.0 Å². The van der Waals surface area contributed by atoms with Crippen molar-refractivity contribution in [3.05, 3.63) is 34.8 Å². The summed E-state index contributed by atoms with van der Waals surface area (Å²) >= 11 is 1.38. The summed E-state index contributed by atoms with van der Waals surface area (Å²) in [5, 5.41) is 12.3. The molecule has 1 aromatic carbocycles. The molecule has 6 heteroatoms. The van der Waals surface area contributed by atoms with Gasteiger partial charge >= 0.3 is 0 Å². The number of nitrogens with one attached hydrogen (secondary N) is 1. The summed E-state index contributed by atoms with van der Waals surface area (Å²) in [6.07, 6.45) is 1.69. The van der Waals surface area contributed by atoms with E-state index in [9.17, 15) is 4.79 Å². The molecule has 1 N–H and O–H groups in total. The number of rotatable bonds is 6. The van der Waals surface area contributed by atoms with Crippen molar-refractivity contribution < 1.29 is 9.53 Å². The van der Waals surface area contributed by atoms with Gasteiger partial charge in [-0.15, -0.1) is 10.2 Å². The molecular weight excluding hydrogens is 310 g/mol. The molecule has 0 aliphatic heterocycles. The summed E-state index contributed by atoms with van der Waals surface area (Å²) in [6.45, 7) is 8.25. The third-order valence-corrected chi connectivity index (χ3v) is 4.18. The van der Waals surface area contributed by atoms with Gasteiger partial charge in [0.15, 0.2) is 0 Å². The smallest absolute Gasteiger partial charge is 0.231 e. The van der Waals surface area contributed by atoms with Gasteiger partial charge in [0.25, 0.3) is 0 Å². The molecule has 1 aromatic heterocycles. The molecule has 23 heavy (non-hydrogen) atoms. The highest BCUT2D eigenvalue weighted by atomic mass is 32.1. The average Bonchev–Trinajstić information content (AvgIpc) is 2.94. The van der Waals surface area contributed by atoms with E-state index in [4.69, 9.17) is 4.74 Å². The molecule has 124 valence electrons. The van der Waals surface area contributed by atoms with Crippen molar-refractivity contribution in [3.63, 3.8) is 0 Å². The first-order valence-corrected chi connectivity index (χ1v) is 8.55. The number of hydrogen-bond acceptors (Lipinski definition) is 5. The fourth-order valence-electron chi connectivity index (χ4n) is 1.77. The first kappa shape index (κ1) is 17.4. The van der Waals surface area contributed by atoms with Crippen LogP contribution in [0, 0.1) is 5.41 Å². The highest BCUT2D eigenvalue weighted by Gasteiger charge is 2.22. The largest absolute Gasteiger partial charge is 0.493 e. The summed E-state index contributed by atoms with van der Waals surface area (Å²) < 4.78 is 5.71. The van der Waals surface area contributed by atoms with E-state index in [0.29, 0.717) is 18.2 Å². The number of benzene rings is 1. The van der Waals surface area contributed by atoms with Crippen LogP contribution in [-0.2, 0) is 17.6 Å². The first-order valence-electron chi connectivity index (χ1n) is 7.74. The lowest BCUT2D eigenvalue weighted by Gasteiger charge is -2.15. The lowest BCUT2D eigenvalue weighted by Crippen LogP contribution is -2.27. The summed E-state index contributed by atoms with van der Waals surface area (Å²) in [7, 11) is 0. The molecule has 1 amide bonds. The van der Waals surface area contributed by atoms with Crippen LogP contribution in [-0.4, -0.2) is 22.7 Å². The number of anilines is 1. The normalized spacial score (nSPS) is 11.3. The molecular formula is C17H23N3O2S. The fourth-order valence-corrected chi connectivity index (χ4v) is 2.48. The van der Waals surface area contributed by atoms with Crippen LogP contribution >= 0.6 is 11.3 Å². The van der Waals surface area contributed by atoms with Crippen molar-refractivity contribution in [2.75, 3.05) is 11.9 Å². The summed E-state index contributed by atoms with van der Waals surface area (Å²) in [6, 6.07) is 8.10. The van der Waals surface area contributed by atoms with E-state index in [0.717, 1.165) is 17.2 Å². The standard InChI is InChI=1S/C17H23N3O2S/c1-5-12-6-8-13(9-7-12)22-11-10-14-19-20-16(23-14)18-15(21)17(2,3)4/h6-9H,5,10-11H2,1-4H3,(H,18,20,21). The molecule has 2 aromatic rings. The molecule has 2 rings (SSSR count). The van der Waals surface area contributed by atoms with Crippen LogP contribution in [0.2, 0.25) is 0 Å². The average molecular weight is 333 g/mol. The van der Waals surface area contributed by atoms with Gasteiger partial charge in [-0.2, -0.15) is 0 Å². The van der Waals surface area contributed by atoms with E-state index in [1.54, 1.807) is 0 Å². The van der Waals surface area contributed by atoms with Crippen molar-refractivity contribution in [3.8, 4) is 5.75 Å². The molecule has 0 radical (unpaired) electrons. The van der Waals surface area contributed by atoms with Gasteiger partial charge in [-0.3, -0.25) is 4.79 Å². The zero-order chi connectivity index (χ0) is 16.9. The number of aryl methyl sites for hydroxylation is 1. The van der Waals surface area contributed by atoms with Crippen LogP contribution in [0.25, 0.3) is 0 Å². The predicted molar refractivity (Wildman–Crippen MR) is 93.0 cm³/mol. The van der Waals surface area contributed by atoms with Crippen LogP contribution in [0.1, 0.15) is 38.3 Å². The molecule has 0 spiro atoms. The number of aromatic nitrogens is 2. The second-order valence-corrected chi connectivity index (χ2v) is 7.36. The van der Waals surface area contributed by atoms with Gasteiger partial charge in [-0.1, -0.05) is 51.2 Å². The highest BCUT2D eigenvalue weighted by Crippen LogP contribution is 2.21.